The van der Waals surface area contributed by atoms with E-state index in [1.54, 1.807) is 0 Å². The third-order valence-electron chi connectivity index (χ3n) is 7.35. The number of hydrogen-bond acceptors (Lipinski definition) is 0. The fraction of sp³-hybridized carbons (Fsp3) is 0.0286. The normalized spacial score (nSPS) is 14.8. The van der Waals surface area contributed by atoms with Gasteiger partial charge in [0.1, 0.15) is 8.07 Å². The maximum atomic E-state index is 2.55. The molecule has 1 heterocycles. The molecule has 6 rings (SSSR count). The molecule has 0 atom stereocenters. The molecule has 0 N–H and O–H groups in total. The molecule has 5 aromatic carbocycles. The molecule has 1 heteroatoms. The summed E-state index contributed by atoms with van der Waals surface area (Å²) in [5.41, 5.74) is 7.91. The Bertz CT molecular complexity index is 1430. The van der Waals surface area contributed by atoms with E-state index in [4.69, 9.17) is 0 Å². The van der Waals surface area contributed by atoms with Crippen molar-refractivity contribution in [1.82, 2.24) is 0 Å². The number of rotatable bonds is 5. The van der Waals surface area contributed by atoms with Crippen molar-refractivity contribution in [3.63, 3.8) is 0 Å². The predicted molar refractivity (Wildman–Crippen MR) is 157 cm³/mol. The summed E-state index contributed by atoms with van der Waals surface area (Å²) < 4.78 is 0. The topological polar surface area (TPSA) is 0 Å². The molecule has 0 spiro atoms. The van der Waals surface area contributed by atoms with Crippen molar-refractivity contribution in [2.45, 2.75) is 6.55 Å². The first-order valence-electron chi connectivity index (χ1n) is 12.6. The van der Waals surface area contributed by atoms with E-state index in [1.165, 1.54) is 49.0 Å². The molecule has 0 fully saturated rings. The van der Waals surface area contributed by atoms with Crippen LogP contribution in [0.25, 0.3) is 21.5 Å². The largest absolute Gasteiger partial charge is 0.148 e. The average Bonchev–Trinajstić information content (AvgIpc) is 3.25. The Hall–Kier alpha value is -4.20. The Morgan fingerprint density at radius 2 is 0.611 bits per heavy atom. The van der Waals surface area contributed by atoms with Crippen LogP contribution in [-0.4, -0.2) is 8.07 Å². The molecule has 172 valence electrons. The summed E-state index contributed by atoms with van der Waals surface area (Å²) in [5.74, 6) is 0. The lowest BCUT2D eigenvalue weighted by Gasteiger charge is -2.31. The van der Waals surface area contributed by atoms with Crippen LogP contribution >= 0.6 is 0 Å². The van der Waals surface area contributed by atoms with Crippen LogP contribution in [0.3, 0.4) is 0 Å². The van der Waals surface area contributed by atoms with Gasteiger partial charge < -0.3 is 0 Å². The molecule has 1 aliphatic heterocycles. The molecule has 0 saturated carbocycles. The van der Waals surface area contributed by atoms with Crippen molar-refractivity contribution in [3.8, 4) is 0 Å². The molecule has 0 saturated heterocycles. The summed E-state index contributed by atoms with van der Waals surface area (Å²) in [4.78, 5) is 0. The molecule has 0 radical (unpaired) electrons. The summed E-state index contributed by atoms with van der Waals surface area (Å²) in [7, 11) is -2.44. The lowest BCUT2D eigenvalue weighted by molar-refractivity contribution is 1.58. The van der Waals surface area contributed by atoms with Crippen molar-refractivity contribution in [2.24, 2.45) is 0 Å². The minimum atomic E-state index is -2.44. The minimum Gasteiger partial charge on any atom is -0.0624 e. The van der Waals surface area contributed by atoms with E-state index in [-0.39, 0.29) is 0 Å². The van der Waals surface area contributed by atoms with Crippen molar-refractivity contribution in [1.29, 1.82) is 0 Å². The van der Waals surface area contributed by atoms with Gasteiger partial charge in [-0.25, -0.2) is 0 Å². The summed E-state index contributed by atoms with van der Waals surface area (Å²) >= 11 is 0. The molecule has 0 aliphatic carbocycles. The van der Waals surface area contributed by atoms with Crippen LogP contribution in [-0.2, 0) is 0 Å². The first kappa shape index (κ1) is 22.3. The van der Waals surface area contributed by atoms with Crippen LogP contribution < -0.4 is 5.19 Å². The van der Waals surface area contributed by atoms with Gasteiger partial charge in [0, 0.05) is 0 Å². The highest BCUT2D eigenvalue weighted by Crippen LogP contribution is 2.55. The lowest BCUT2D eigenvalue weighted by atomic mass is 9.89. The molecule has 0 amide bonds. The molecule has 0 bridgehead atoms. The Kier molecular flexibility index (Phi) is 5.85. The maximum Gasteiger partial charge on any atom is 0.148 e. The lowest BCUT2D eigenvalue weighted by Crippen LogP contribution is -2.46. The third kappa shape index (κ3) is 3.69. The second-order valence-electron chi connectivity index (χ2n) is 9.46. The van der Waals surface area contributed by atoms with Crippen LogP contribution in [0.2, 0.25) is 6.55 Å². The van der Waals surface area contributed by atoms with Crippen LogP contribution in [0.5, 0.6) is 0 Å². The van der Waals surface area contributed by atoms with Crippen molar-refractivity contribution < 1.29 is 0 Å². The summed E-state index contributed by atoms with van der Waals surface area (Å²) in [5, 5.41) is 4.40. The number of hydrogen-bond donors (Lipinski definition) is 0. The van der Waals surface area contributed by atoms with E-state index in [0.29, 0.717) is 0 Å². The maximum absolute atomic E-state index is 2.55. The first-order chi connectivity index (χ1) is 17.8. The summed E-state index contributed by atoms with van der Waals surface area (Å²) in [6.45, 7) is 2.55. The predicted octanol–water partition coefficient (Wildman–Crippen LogP) is 8.29. The molecule has 0 nitrogen and oxygen atoms in total. The zero-order valence-electron chi connectivity index (χ0n) is 20.4. The second-order valence-corrected chi connectivity index (χ2v) is 13.3. The Morgan fingerprint density at radius 1 is 0.333 bits per heavy atom. The van der Waals surface area contributed by atoms with Crippen LogP contribution in [0, 0.1) is 0 Å². The van der Waals surface area contributed by atoms with E-state index in [0.717, 1.165) is 0 Å². The van der Waals surface area contributed by atoms with E-state index in [1.807, 2.05) is 0 Å². The van der Waals surface area contributed by atoms with Crippen LogP contribution in [0.15, 0.2) is 152 Å². The van der Waals surface area contributed by atoms with Gasteiger partial charge in [0.05, 0.1) is 0 Å². The van der Waals surface area contributed by atoms with E-state index in [2.05, 4.69) is 158 Å². The molecule has 0 unspecified atom stereocenters. The monoisotopic (exact) mass is 476 g/mol. The Balaban J connectivity index is 1.82. The van der Waals surface area contributed by atoms with Crippen LogP contribution in [0.4, 0.5) is 0 Å². The van der Waals surface area contributed by atoms with Gasteiger partial charge in [-0.2, -0.15) is 0 Å². The van der Waals surface area contributed by atoms with Gasteiger partial charge in [-0.05, 0) is 49.0 Å². The molecule has 5 aromatic rings. The molecular formula is C35H28Si. The highest BCUT2D eigenvalue weighted by Gasteiger charge is 2.48. The molecule has 1 aliphatic rings. The van der Waals surface area contributed by atoms with Crippen molar-refractivity contribution in [2.75, 3.05) is 0 Å². The minimum absolute atomic E-state index is 1.27. The van der Waals surface area contributed by atoms with Gasteiger partial charge in [-0.1, -0.05) is 158 Å². The first-order valence-corrected chi connectivity index (χ1v) is 15.1. The fourth-order valence-electron chi connectivity index (χ4n) is 5.80. The van der Waals surface area contributed by atoms with Gasteiger partial charge in [-0.15, -0.1) is 0 Å². The van der Waals surface area contributed by atoms with E-state index >= 15 is 0 Å². The van der Waals surface area contributed by atoms with Gasteiger partial charge in [0.15, 0.2) is 0 Å². The molecule has 36 heavy (non-hydrogen) atoms. The van der Waals surface area contributed by atoms with Gasteiger partial charge in [0.25, 0.3) is 0 Å². The zero-order valence-corrected chi connectivity index (χ0v) is 21.4. The fourth-order valence-corrected chi connectivity index (χ4v) is 10.5. The molecular weight excluding hydrogens is 448 g/mol. The summed E-state index contributed by atoms with van der Waals surface area (Å²) in [6, 6.07) is 55.3. The Labute approximate surface area is 214 Å². The average molecular weight is 477 g/mol. The molecule has 0 aromatic heterocycles. The zero-order chi connectivity index (χ0) is 24.4. The third-order valence-corrected chi connectivity index (χ3v) is 11.9. The Morgan fingerprint density at radius 3 is 0.944 bits per heavy atom. The van der Waals surface area contributed by atoms with E-state index < -0.39 is 8.07 Å². The smallest absolute Gasteiger partial charge is 0.0624 e. The summed E-state index contributed by atoms with van der Waals surface area (Å²) in [6.07, 6.45) is 0. The van der Waals surface area contributed by atoms with Crippen LogP contribution in [0.1, 0.15) is 22.3 Å². The quantitative estimate of drug-likeness (QED) is 0.224. The van der Waals surface area contributed by atoms with Gasteiger partial charge in [0.2, 0.25) is 0 Å². The second kappa shape index (κ2) is 9.45. The highest BCUT2D eigenvalue weighted by molar-refractivity contribution is 7.21. The van der Waals surface area contributed by atoms with Crippen molar-refractivity contribution in [3.05, 3.63) is 174 Å². The van der Waals surface area contributed by atoms with Gasteiger partial charge in [-0.3, -0.25) is 0 Å². The van der Waals surface area contributed by atoms with Gasteiger partial charge >= 0.3 is 0 Å². The number of benzene rings is 5. The standard InChI is InChI=1S/C35H28Si/c1-36(31-25-15-6-16-26-31)34(29-21-11-4-12-22-29)32(27-17-7-2-8-18-27)33(28-19-9-3-10-20-28)35(36)30-23-13-5-14-24-30/h2-26H,1H3. The van der Waals surface area contributed by atoms with E-state index in [9.17, 15) is 0 Å². The highest BCUT2D eigenvalue weighted by atomic mass is 28.3. The van der Waals surface area contributed by atoms with Crippen molar-refractivity contribution >= 4 is 34.8 Å². The SMILES string of the molecule is C[Si]1(c2ccccc2)C(c2ccccc2)=C(c2ccccc2)C(c2ccccc2)=C1c1ccccc1. The number of allylic oxidation sites excluding steroid dienone is 2.